The van der Waals surface area contributed by atoms with Crippen LogP contribution in [0.1, 0.15) is 44.0 Å². The maximum absolute atomic E-state index is 12.7. The van der Waals surface area contributed by atoms with Crippen molar-refractivity contribution < 1.29 is 9.53 Å². The van der Waals surface area contributed by atoms with E-state index in [0.29, 0.717) is 30.4 Å². The second-order valence-corrected chi connectivity index (χ2v) is 6.95. The third-order valence-electron chi connectivity index (χ3n) is 4.49. The zero-order chi connectivity index (χ0) is 17.4. The second kappa shape index (κ2) is 6.38. The first-order chi connectivity index (χ1) is 12.1. The third kappa shape index (κ3) is 3.45. The molecule has 1 saturated carbocycles. The van der Waals surface area contributed by atoms with Gasteiger partial charge in [0.2, 0.25) is 0 Å². The van der Waals surface area contributed by atoms with E-state index in [1.165, 1.54) is 18.5 Å². The van der Waals surface area contributed by atoms with Crippen molar-refractivity contribution >= 4 is 11.7 Å². The number of carbonyl (C=O) groups excluding carboxylic acids is 1. The SMILES string of the molecule is CC(C)Oc1cnccc1NC(=O)N1CCn2nc(C3CC3)cc2C1. The van der Waals surface area contributed by atoms with Crippen molar-refractivity contribution in [3.63, 3.8) is 0 Å². The van der Waals surface area contributed by atoms with Gasteiger partial charge in [0.15, 0.2) is 5.75 Å². The van der Waals surface area contributed by atoms with Crippen LogP contribution in [-0.2, 0) is 13.1 Å². The second-order valence-electron chi connectivity index (χ2n) is 6.95. The minimum Gasteiger partial charge on any atom is -0.487 e. The fourth-order valence-electron chi connectivity index (χ4n) is 3.07. The minimum absolute atomic E-state index is 0.0186. The third-order valence-corrected chi connectivity index (χ3v) is 4.49. The highest BCUT2D eigenvalue weighted by molar-refractivity contribution is 5.90. The van der Waals surface area contributed by atoms with E-state index in [4.69, 9.17) is 4.74 Å². The predicted octanol–water partition coefficient (Wildman–Crippen LogP) is 2.99. The highest BCUT2D eigenvalue weighted by Gasteiger charge is 2.29. The highest BCUT2D eigenvalue weighted by atomic mass is 16.5. The Labute approximate surface area is 147 Å². The van der Waals surface area contributed by atoms with Crippen molar-refractivity contribution in [2.24, 2.45) is 0 Å². The zero-order valence-corrected chi connectivity index (χ0v) is 14.6. The molecule has 4 rings (SSSR count). The lowest BCUT2D eigenvalue weighted by atomic mass is 10.2. The Hall–Kier alpha value is -2.57. The van der Waals surface area contributed by atoms with Gasteiger partial charge in [-0.05, 0) is 38.8 Å². The Balaban J connectivity index is 1.45. The van der Waals surface area contributed by atoms with Crippen LogP contribution in [0.15, 0.2) is 24.5 Å². The normalized spacial score (nSPS) is 16.7. The number of rotatable bonds is 4. The smallest absolute Gasteiger partial charge is 0.322 e. The predicted molar refractivity (Wildman–Crippen MR) is 93.6 cm³/mol. The van der Waals surface area contributed by atoms with Crippen molar-refractivity contribution in [3.8, 4) is 5.75 Å². The Kier molecular flexibility index (Phi) is 4.07. The van der Waals surface area contributed by atoms with Gasteiger partial charge in [-0.1, -0.05) is 0 Å². The molecule has 0 saturated heterocycles. The van der Waals surface area contributed by atoms with Crippen LogP contribution in [-0.4, -0.2) is 38.3 Å². The summed E-state index contributed by atoms with van der Waals surface area (Å²) in [5.74, 6) is 1.22. The van der Waals surface area contributed by atoms with E-state index in [1.54, 1.807) is 18.5 Å². The number of fused-ring (bicyclic) bond motifs is 1. The maximum Gasteiger partial charge on any atom is 0.322 e. The molecule has 7 nitrogen and oxygen atoms in total. The number of aromatic nitrogens is 3. The molecule has 1 fully saturated rings. The summed E-state index contributed by atoms with van der Waals surface area (Å²) in [6.45, 7) is 5.86. The van der Waals surface area contributed by atoms with Crippen LogP contribution in [0.25, 0.3) is 0 Å². The van der Waals surface area contributed by atoms with Crippen molar-refractivity contribution in [3.05, 3.63) is 35.9 Å². The molecule has 2 aromatic rings. The Bertz CT molecular complexity index is 782. The van der Waals surface area contributed by atoms with Crippen LogP contribution < -0.4 is 10.1 Å². The highest BCUT2D eigenvalue weighted by Crippen LogP contribution is 2.39. The average Bonchev–Trinajstić information content (AvgIpc) is 3.35. The van der Waals surface area contributed by atoms with Crippen LogP contribution in [0.2, 0.25) is 0 Å². The van der Waals surface area contributed by atoms with Crippen LogP contribution in [0.3, 0.4) is 0 Å². The number of nitrogens with one attached hydrogen (secondary N) is 1. The number of ether oxygens (including phenoxy) is 1. The van der Waals surface area contributed by atoms with Crippen LogP contribution in [0.5, 0.6) is 5.75 Å². The summed E-state index contributed by atoms with van der Waals surface area (Å²) in [6, 6.07) is 3.78. The number of urea groups is 1. The molecule has 2 amide bonds. The molecule has 1 aliphatic heterocycles. The molecule has 0 bridgehead atoms. The lowest BCUT2D eigenvalue weighted by Crippen LogP contribution is -2.40. The van der Waals surface area contributed by atoms with Gasteiger partial charge in [0.25, 0.3) is 0 Å². The number of amides is 2. The molecule has 1 N–H and O–H groups in total. The summed E-state index contributed by atoms with van der Waals surface area (Å²) in [7, 11) is 0. The molecule has 25 heavy (non-hydrogen) atoms. The zero-order valence-electron chi connectivity index (χ0n) is 14.6. The Morgan fingerprint density at radius 3 is 2.96 bits per heavy atom. The van der Waals surface area contributed by atoms with E-state index in [-0.39, 0.29) is 12.1 Å². The number of carbonyl (C=O) groups is 1. The molecule has 2 aromatic heterocycles. The maximum atomic E-state index is 12.7. The molecule has 2 aliphatic rings. The topological polar surface area (TPSA) is 72.3 Å². The lowest BCUT2D eigenvalue weighted by Gasteiger charge is -2.28. The summed E-state index contributed by atoms with van der Waals surface area (Å²) in [6.07, 6.45) is 5.77. The molecule has 0 unspecified atom stereocenters. The van der Waals surface area contributed by atoms with Gasteiger partial charge in [0, 0.05) is 18.7 Å². The van der Waals surface area contributed by atoms with Gasteiger partial charge in [-0.25, -0.2) is 4.79 Å². The van der Waals surface area contributed by atoms with Gasteiger partial charge < -0.3 is 15.0 Å². The van der Waals surface area contributed by atoms with E-state index in [1.807, 2.05) is 23.4 Å². The minimum atomic E-state index is -0.125. The number of hydrogen-bond donors (Lipinski definition) is 1. The number of pyridine rings is 1. The fourth-order valence-corrected chi connectivity index (χ4v) is 3.07. The van der Waals surface area contributed by atoms with E-state index in [2.05, 4.69) is 21.5 Å². The largest absolute Gasteiger partial charge is 0.487 e. The first-order valence-corrected chi connectivity index (χ1v) is 8.83. The monoisotopic (exact) mass is 341 g/mol. The molecule has 3 heterocycles. The molecule has 0 spiro atoms. The average molecular weight is 341 g/mol. The lowest BCUT2D eigenvalue weighted by molar-refractivity contribution is 0.194. The van der Waals surface area contributed by atoms with Crippen molar-refractivity contribution in [1.82, 2.24) is 19.7 Å². The van der Waals surface area contributed by atoms with Crippen LogP contribution in [0, 0.1) is 0 Å². The van der Waals surface area contributed by atoms with E-state index in [9.17, 15) is 4.79 Å². The van der Waals surface area contributed by atoms with Gasteiger partial charge in [0.1, 0.15) is 0 Å². The molecule has 0 atom stereocenters. The van der Waals surface area contributed by atoms with Crippen LogP contribution >= 0.6 is 0 Å². The molecular weight excluding hydrogens is 318 g/mol. The van der Waals surface area contributed by atoms with E-state index < -0.39 is 0 Å². The molecule has 132 valence electrons. The summed E-state index contributed by atoms with van der Waals surface area (Å²) >= 11 is 0. The fraction of sp³-hybridized carbons (Fsp3) is 0.500. The summed E-state index contributed by atoms with van der Waals surface area (Å²) in [4.78, 5) is 18.6. The number of anilines is 1. The van der Waals surface area contributed by atoms with Crippen LogP contribution in [0.4, 0.5) is 10.5 Å². The Morgan fingerprint density at radius 1 is 1.36 bits per heavy atom. The van der Waals surface area contributed by atoms with Gasteiger partial charge in [-0.15, -0.1) is 0 Å². The first kappa shape index (κ1) is 15.9. The first-order valence-electron chi connectivity index (χ1n) is 8.83. The quantitative estimate of drug-likeness (QED) is 0.928. The molecule has 1 aliphatic carbocycles. The molecule has 0 aromatic carbocycles. The molecule has 7 heteroatoms. The number of hydrogen-bond acceptors (Lipinski definition) is 4. The van der Waals surface area contributed by atoms with Crippen molar-refractivity contribution in [2.75, 3.05) is 11.9 Å². The molecular formula is C18H23N5O2. The van der Waals surface area contributed by atoms with E-state index >= 15 is 0 Å². The summed E-state index contributed by atoms with van der Waals surface area (Å²) in [5.41, 5.74) is 2.93. The summed E-state index contributed by atoms with van der Waals surface area (Å²) in [5, 5.41) is 7.62. The number of nitrogens with zero attached hydrogens (tertiary/aromatic N) is 4. The Morgan fingerprint density at radius 2 is 2.20 bits per heavy atom. The molecule has 0 radical (unpaired) electrons. The van der Waals surface area contributed by atoms with Gasteiger partial charge in [0.05, 0.1) is 42.5 Å². The van der Waals surface area contributed by atoms with E-state index in [0.717, 1.165) is 12.2 Å². The van der Waals surface area contributed by atoms with Crippen molar-refractivity contribution in [2.45, 2.75) is 51.8 Å². The standard InChI is InChI=1S/C18H23N5O2/c1-12(2)25-17-10-19-6-5-15(17)20-18(24)22-7-8-23-14(11-22)9-16(21-23)13-3-4-13/h5-6,9-10,12-13H,3-4,7-8,11H2,1-2H3,(H,19,20,24). The summed E-state index contributed by atoms with van der Waals surface area (Å²) < 4.78 is 7.76. The van der Waals surface area contributed by atoms with Gasteiger partial charge in [-0.2, -0.15) is 5.10 Å². The van der Waals surface area contributed by atoms with Gasteiger partial charge >= 0.3 is 6.03 Å². The van der Waals surface area contributed by atoms with Crippen molar-refractivity contribution in [1.29, 1.82) is 0 Å². The van der Waals surface area contributed by atoms with Gasteiger partial charge in [-0.3, -0.25) is 9.67 Å².